The van der Waals surface area contributed by atoms with E-state index in [1.54, 1.807) is 6.07 Å². The van der Waals surface area contributed by atoms with Crippen LogP contribution in [0.15, 0.2) is 30.3 Å². The molecule has 0 spiro atoms. The van der Waals surface area contributed by atoms with Crippen molar-refractivity contribution >= 4 is 16.9 Å². The summed E-state index contributed by atoms with van der Waals surface area (Å²) in [6, 6.07) is 8.96. The Labute approximate surface area is 109 Å². The molecule has 0 aliphatic carbocycles. The van der Waals surface area contributed by atoms with Crippen molar-refractivity contribution in [2.45, 2.75) is 12.5 Å². The predicted molar refractivity (Wildman–Crippen MR) is 68.6 cm³/mol. The van der Waals surface area contributed by atoms with E-state index >= 15 is 0 Å². The van der Waals surface area contributed by atoms with Crippen LogP contribution in [0.2, 0.25) is 0 Å². The average molecular weight is 259 g/mol. The number of pyridine rings is 1. The maximum Gasteiger partial charge on any atom is 0.341 e. The Morgan fingerprint density at radius 1 is 1.42 bits per heavy atom. The van der Waals surface area contributed by atoms with Crippen molar-refractivity contribution in [2.75, 3.05) is 13.2 Å². The first-order valence-electron chi connectivity index (χ1n) is 6.11. The fraction of sp³-hybridized carbons (Fsp3) is 0.286. The number of rotatable bonds is 3. The maximum absolute atomic E-state index is 11.3. The average Bonchev–Trinajstić information content (AvgIpc) is 2.90. The highest BCUT2D eigenvalue weighted by Crippen LogP contribution is 2.24. The van der Waals surface area contributed by atoms with Crippen molar-refractivity contribution in [1.29, 1.82) is 0 Å². The van der Waals surface area contributed by atoms with E-state index in [1.807, 2.05) is 24.3 Å². The highest BCUT2D eigenvalue weighted by molar-refractivity contribution is 5.95. The molecular weight excluding hydrogens is 246 g/mol. The monoisotopic (exact) mass is 259 g/mol. The minimum Gasteiger partial charge on any atom is -0.477 e. The van der Waals surface area contributed by atoms with Crippen molar-refractivity contribution in [1.82, 2.24) is 4.98 Å². The second kappa shape index (κ2) is 4.85. The number of carboxylic acid groups (broad SMARTS) is 1. The van der Waals surface area contributed by atoms with Gasteiger partial charge >= 0.3 is 5.97 Å². The summed E-state index contributed by atoms with van der Waals surface area (Å²) in [5.74, 6) is -0.867. The van der Waals surface area contributed by atoms with E-state index < -0.39 is 5.97 Å². The standard InChI is InChI=1S/C14H13NO4/c16-14(17)11-7-9-3-1-2-4-12(9)15-13(11)19-10-5-6-18-8-10/h1-4,7,10H,5-6,8H2,(H,16,17). The van der Waals surface area contributed by atoms with Gasteiger partial charge in [0.05, 0.1) is 18.7 Å². The Morgan fingerprint density at radius 2 is 2.26 bits per heavy atom. The highest BCUT2D eigenvalue weighted by atomic mass is 16.5. The molecule has 1 saturated heterocycles. The summed E-state index contributed by atoms with van der Waals surface area (Å²) in [4.78, 5) is 15.6. The van der Waals surface area contributed by atoms with Crippen LogP contribution in [0.5, 0.6) is 5.88 Å². The summed E-state index contributed by atoms with van der Waals surface area (Å²) in [7, 11) is 0. The van der Waals surface area contributed by atoms with E-state index in [0.29, 0.717) is 13.2 Å². The number of aromatic carboxylic acids is 1. The molecule has 1 unspecified atom stereocenters. The third-order valence-corrected chi connectivity index (χ3v) is 3.09. The van der Waals surface area contributed by atoms with Gasteiger partial charge in [0, 0.05) is 11.8 Å². The Balaban J connectivity index is 2.04. The number of hydrogen-bond acceptors (Lipinski definition) is 4. The minimum absolute atomic E-state index is 0.0885. The van der Waals surface area contributed by atoms with Gasteiger partial charge in [-0.2, -0.15) is 0 Å². The van der Waals surface area contributed by atoms with Gasteiger partial charge in [0.15, 0.2) is 0 Å². The minimum atomic E-state index is -1.04. The molecule has 0 radical (unpaired) electrons. The van der Waals surface area contributed by atoms with Crippen LogP contribution in [0.25, 0.3) is 10.9 Å². The molecule has 98 valence electrons. The van der Waals surface area contributed by atoms with E-state index in [9.17, 15) is 9.90 Å². The van der Waals surface area contributed by atoms with Crippen LogP contribution in [-0.2, 0) is 4.74 Å². The molecule has 5 heteroatoms. The topological polar surface area (TPSA) is 68.7 Å². The molecule has 1 aromatic carbocycles. The molecule has 1 aliphatic heterocycles. The van der Waals surface area contributed by atoms with E-state index in [0.717, 1.165) is 17.3 Å². The summed E-state index contributed by atoms with van der Waals surface area (Å²) >= 11 is 0. The van der Waals surface area contributed by atoms with E-state index in [2.05, 4.69) is 4.98 Å². The van der Waals surface area contributed by atoms with Crippen molar-refractivity contribution in [2.24, 2.45) is 0 Å². The van der Waals surface area contributed by atoms with Gasteiger partial charge < -0.3 is 14.6 Å². The van der Waals surface area contributed by atoms with Gasteiger partial charge in [0.2, 0.25) is 5.88 Å². The van der Waals surface area contributed by atoms with Gasteiger partial charge in [-0.05, 0) is 12.1 Å². The van der Waals surface area contributed by atoms with Crippen molar-refractivity contribution in [3.05, 3.63) is 35.9 Å². The van der Waals surface area contributed by atoms with E-state index in [1.165, 1.54) is 0 Å². The number of aromatic nitrogens is 1. The highest BCUT2D eigenvalue weighted by Gasteiger charge is 2.22. The van der Waals surface area contributed by atoms with Crippen LogP contribution >= 0.6 is 0 Å². The smallest absolute Gasteiger partial charge is 0.341 e. The van der Waals surface area contributed by atoms with Crippen LogP contribution in [-0.4, -0.2) is 35.4 Å². The van der Waals surface area contributed by atoms with Gasteiger partial charge in [-0.1, -0.05) is 18.2 Å². The summed E-state index contributed by atoms with van der Waals surface area (Å²) in [5.41, 5.74) is 0.812. The lowest BCUT2D eigenvalue weighted by Gasteiger charge is -2.13. The molecule has 2 heterocycles. The quantitative estimate of drug-likeness (QED) is 0.914. The normalized spacial score (nSPS) is 18.6. The van der Waals surface area contributed by atoms with Crippen LogP contribution in [0.3, 0.4) is 0 Å². The largest absolute Gasteiger partial charge is 0.477 e. The van der Waals surface area contributed by atoms with Gasteiger partial charge in [0.25, 0.3) is 0 Å². The second-order valence-electron chi connectivity index (χ2n) is 4.44. The molecule has 0 amide bonds. The van der Waals surface area contributed by atoms with Crippen LogP contribution in [0.1, 0.15) is 16.8 Å². The molecule has 1 aliphatic rings. The first-order chi connectivity index (χ1) is 9.24. The lowest BCUT2D eigenvalue weighted by atomic mass is 10.1. The first-order valence-corrected chi connectivity index (χ1v) is 6.11. The second-order valence-corrected chi connectivity index (χ2v) is 4.44. The number of benzene rings is 1. The fourth-order valence-electron chi connectivity index (χ4n) is 2.11. The molecule has 0 bridgehead atoms. The molecule has 1 N–H and O–H groups in total. The Morgan fingerprint density at radius 3 is 3.00 bits per heavy atom. The Bertz CT molecular complexity index is 620. The summed E-state index contributed by atoms with van der Waals surface area (Å²) in [6.45, 7) is 1.12. The van der Waals surface area contributed by atoms with Gasteiger partial charge in [0.1, 0.15) is 11.7 Å². The summed E-state index contributed by atoms with van der Waals surface area (Å²) in [5, 5.41) is 10.0. The van der Waals surface area contributed by atoms with Crippen molar-refractivity contribution in [3.8, 4) is 5.88 Å². The number of ether oxygens (including phenoxy) is 2. The summed E-state index contributed by atoms with van der Waals surface area (Å²) in [6.07, 6.45) is 0.639. The molecule has 1 fully saturated rings. The van der Waals surface area contributed by atoms with Gasteiger partial charge in [-0.15, -0.1) is 0 Å². The molecule has 3 rings (SSSR count). The molecule has 5 nitrogen and oxygen atoms in total. The molecule has 19 heavy (non-hydrogen) atoms. The number of para-hydroxylation sites is 1. The zero-order valence-electron chi connectivity index (χ0n) is 10.2. The molecule has 2 aromatic rings. The number of hydrogen-bond donors (Lipinski definition) is 1. The lowest BCUT2D eigenvalue weighted by Crippen LogP contribution is -2.18. The number of carbonyl (C=O) groups is 1. The SMILES string of the molecule is O=C(O)c1cc2ccccc2nc1OC1CCOC1. The zero-order valence-corrected chi connectivity index (χ0v) is 10.2. The number of carboxylic acids is 1. The Hall–Kier alpha value is -2.14. The molecule has 1 aromatic heterocycles. The van der Waals surface area contributed by atoms with Crippen LogP contribution < -0.4 is 4.74 Å². The zero-order chi connectivity index (χ0) is 13.2. The molecular formula is C14H13NO4. The summed E-state index contributed by atoms with van der Waals surface area (Å²) < 4.78 is 10.9. The van der Waals surface area contributed by atoms with Crippen molar-refractivity contribution in [3.63, 3.8) is 0 Å². The molecule has 1 atom stereocenters. The fourth-order valence-corrected chi connectivity index (χ4v) is 2.11. The van der Waals surface area contributed by atoms with Gasteiger partial charge in [-0.25, -0.2) is 9.78 Å². The third-order valence-electron chi connectivity index (χ3n) is 3.09. The number of nitrogens with zero attached hydrogens (tertiary/aromatic N) is 1. The molecule has 0 saturated carbocycles. The van der Waals surface area contributed by atoms with E-state index in [4.69, 9.17) is 9.47 Å². The van der Waals surface area contributed by atoms with Gasteiger partial charge in [-0.3, -0.25) is 0 Å². The van der Waals surface area contributed by atoms with Crippen LogP contribution in [0, 0.1) is 0 Å². The van der Waals surface area contributed by atoms with Crippen molar-refractivity contribution < 1.29 is 19.4 Å². The lowest BCUT2D eigenvalue weighted by molar-refractivity contribution is 0.0685. The number of fused-ring (bicyclic) bond motifs is 1. The maximum atomic E-state index is 11.3. The third kappa shape index (κ3) is 2.37. The van der Waals surface area contributed by atoms with E-state index in [-0.39, 0.29) is 17.5 Å². The predicted octanol–water partition coefficient (Wildman–Crippen LogP) is 2.10. The first kappa shape index (κ1) is 11.9. The Kier molecular flexibility index (Phi) is 3.05. The van der Waals surface area contributed by atoms with Crippen LogP contribution in [0.4, 0.5) is 0 Å².